The lowest BCUT2D eigenvalue weighted by Crippen LogP contribution is -2.24. The minimum absolute atomic E-state index is 0.351. The molecule has 0 saturated carbocycles. The van der Waals surface area contributed by atoms with Gasteiger partial charge in [-0.1, -0.05) is 12.1 Å². The molecule has 1 aliphatic rings. The third-order valence-corrected chi connectivity index (χ3v) is 3.60. The lowest BCUT2D eigenvalue weighted by atomic mass is 9.99. The molecule has 0 N–H and O–H groups in total. The van der Waals surface area contributed by atoms with Crippen LogP contribution >= 0.6 is 0 Å². The summed E-state index contributed by atoms with van der Waals surface area (Å²) >= 11 is 0. The van der Waals surface area contributed by atoms with Crippen LogP contribution in [0.1, 0.15) is 39.4 Å². The summed E-state index contributed by atoms with van der Waals surface area (Å²) in [7, 11) is 1.32. The smallest absolute Gasteiger partial charge is 0.340 e. The maximum atomic E-state index is 12.3. The van der Waals surface area contributed by atoms with Crippen molar-refractivity contribution in [3.8, 4) is 5.75 Å². The number of hydrogen-bond acceptors (Lipinski definition) is 6. The molecule has 0 fully saturated rings. The molecule has 1 heterocycles. The maximum absolute atomic E-state index is 12.3. The molecular formula is C18H22O6. The van der Waals surface area contributed by atoms with E-state index in [1.165, 1.54) is 14.0 Å². The zero-order valence-electron chi connectivity index (χ0n) is 14.5. The number of esters is 2. The number of methoxy groups -OCH3 is 1. The van der Waals surface area contributed by atoms with Crippen molar-refractivity contribution in [2.75, 3.05) is 13.7 Å². The molecule has 24 heavy (non-hydrogen) atoms. The molecule has 0 unspecified atom stereocenters. The first-order valence-electron chi connectivity index (χ1n) is 7.72. The number of carbonyl (C=O) groups is 2. The van der Waals surface area contributed by atoms with Gasteiger partial charge in [-0.3, -0.25) is 4.79 Å². The molecule has 1 aliphatic heterocycles. The van der Waals surface area contributed by atoms with E-state index >= 15 is 0 Å². The maximum Gasteiger partial charge on any atom is 0.340 e. The van der Waals surface area contributed by atoms with Crippen LogP contribution in [0.15, 0.2) is 35.6 Å². The molecule has 1 atom stereocenters. The van der Waals surface area contributed by atoms with Gasteiger partial charge in [0.25, 0.3) is 0 Å². The Labute approximate surface area is 141 Å². The molecular weight excluding hydrogens is 312 g/mol. The van der Waals surface area contributed by atoms with Crippen LogP contribution < -0.4 is 4.74 Å². The Bertz CT molecular complexity index is 657. The summed E-state index contributed by atoms with van der Waals surface area (Å²) < 4.78 is 21.6. The molecule has 6 heteroatoms. The molecule has 6 nitrogen and oxygen atoms in total. The van der Waals surface area contributed by atoms with Crippen LogP contribution in [0.5, 0.6) is 5.75 Å². The number of ether oxygens (including phenoxy) is 4. The van der Waals surface area contributed by atoms with Gasteiger partial charge in [0, 0.05) is 6.92 Å². The summed E-state index contributed by atoms with van der Waals surface area (Å²) in [6.45, 7) is 7.28. The first kappa shape index (κ1) is 18.0. The van der Waals surface area contributed by atoms with Gasteiger partial charge < -0.3 is 18.9 Å². The van der Waals surface area contributed by atoms with E-state index in [1.54, 1.807) is 24.3 Å². The fourth-order valence-corrected chi connectivity index (χ4v) is 2.67. The van der Waals surface area contributed by atoms with Crippen LogP contribution in [-0.2, 0) is 23.8 Å². The number of carbonyl (C=O) groups excluding carboxylic acids is 2. The fourth-order valence-electron chi connectivity index (χ4n) is 2.67. The summed E-state index contributed by atoms with van der Waals surface area (Å²) in [6, 6.07) is 6.80. The zero-order valence-corrected chi connectivity index (χ0v) is 14.5. The SMILES string of the molecule is CCOC1=C(C(=O)OC)[C@H](c2ccc(OC(C)=O)cc2)OC1(C)C. The highest BCUT2D eigenvalue weighted by Gasteiger charge is 2.46. The van der Waals surface area contributed by atoms with E-state index in [-0.39, 0.29) is 0 Å². The first-order chi connectivity index (χ1) is 11.3. The van der Waals surface area contributed by atoms with Crippen LogP contribution in [0.3, 0.4) is 0 Å². The van der Waals surface area contributed by atoms with Crippen molar-refractivity contribution in [3.05, 3.63) is 41.2 Å². The van der Waals surface area contributed by atoms with Crippen LogP contribution in [0.25, 0.3) is 0 Å². The highest BCUT2D eigenvalue weighted by molar-refractivity contribution is 5.91. The van der Waals surface area contributed by atoms with E-state index in [2.05, 4.69) is 0 Å². The Morgan fingerprint density at radius 1 is 1.21 bits per heavy atom. The van der Waals surface area contributed by atoms with Gasteiger partial charge in [0.05, 0.1) is 13.7 Å². The van der Waals surface area contributed by atoms with Crippen molar-refractivity contribution in [2.24, 2.45) is 0 Å². The number of benzene rings is 1. The third kappa shape index (κ3) is 3.59. The zero-order chi connectivity index (χ0) is 17.9. The van der Waals surface area contributed by atoms with Gasteiger partial charge in [-0.15, -0.1) is 0 Å². The average molecular weight is 334 g/mol. The molecule has 0 spiro atoms. The van der Waals surface area contributed by atoms with Gasteiger partial charge in [0.15, 0.2) is 0 Å². The Hall–Kier alpha value is -2.34. The topological polar surface area (TPSA) is 71.1 Å². The lowest BCUT2D eigenvalue weighted by molar-refractivity contribution is -0.137. The van der Waals surface area contributed by atoms with Gasteiger partial charge in [-0.25, -0.2) is 4.79 Å². The van der Waals surface area contributed by atoms with Gasteiger partial charge in [0.1, 0.15) is 28.8 Å². The lowest BCUT2D eigenvalue weighted by Gasteiger charge is -2.23. The van der Waals surface area contributed by atoms with E-state index < -0.39 is 23.6 Å². The molecule has 2 rings (SSSR count). The standard InChI is InChI=1S/C18H22O6/c1-6-22-16-14(17(20)21-5)15(24-18(16,3)4)12-7-9-13(10-8-12)23-11(2)19/h7-10,15H,6H2,1-5H3/t15-/m0/s1. The van der Waals surface area contributed by atoms with E-state index in [4.69, 9.17) is 18.9 Å². The van der Waals surface area contributed by atoms with Crippen LogP contribution in [0, 0.1) is 0 Å². The van der Waals surface area contributed by atoms with Crippen LogP contribution in [-0.4, -0.2) is 31.3 Å². The number of hydrogen-bond donors (Lipinski definition) is 0. The molecule has 0 amide bonds. The Balaban J connectivity index is 2.41. The van der Waals surface area contributed by atoms with Gasteiger partial charge >= 0.3 is 11.9 Å². The Morgan fingerprint density at radius 3 is 2.33 bits per heavy atom. The Morgan fingerprint density at radius 2 is 1.83 bits per heavy atom. The first-order valence-corrected chi connectivity index (χ1v) is 7.72. The number of rotatable bonds is 5. The molecule has 1 aromatic carbocycles. The van der Waals surface area contributed by atoms with Crippen molar-refractivity contribution in [3.63, 3.8) is 0 Å². The minimum atomic E-state index is -0.751. The van der Waals surface area contributed by atoms with Crippen LogP contribution in [0.4, 0.5) is 0 Å². The van der Waals surface area contributed by atoms with Gasteiger partial charge in [-0.05, 0) is 38.5 Å². The molecule has 0 aromatic heterocycles. The fraction of sp³-hybridized carbons (Fsp3) is 0.444. The van der Waals surface area contributed by atoms with Crippen molar-refractivity contribution in [1.82, 2.24) is 0 Å². The molecule has 130 valence electrons. The predicted molar refractivity (Wildman–Crippen MR) is 86.3 cm³/mol. The molecule has 0 aliphatic carbocycles. The van der Waals surface area contributed by atoms with E-state index in [0.717, 1.165) is 5.56 Å². The largest absolute Gasteiger partial charge is 0.494 e. The van der Waals surface area contributed by atoms with E-state index in [0.29, 0.717) is 23.7 Å². The summed E-state index contributed by atoms with van der Waals surface area (Å²) in [4.78, 5) is 23.3. The normalized spacial score (nSPS) is 19.1. The van der Waals surface area contributed by atoms with Crippen molar-refractivity contribution in [1.29, 1.82) is 0 Å². The average Bonchev–Trinajstić information content (AvgIpc) is 2.79. The van der Waals surface area contributed by atoms with Crippen molar-refractivity contribution in [2.45, 2.75) is 39.4 Å². The van der Waals surface area contributed by atoms with Crippen LogP contribution in [0.2, 0.25) is 0 Å². The minimum Gasteiger partial charge on any atom is -0.494 e. The second kappa shape index (κ2) is 7.05. The van der Waals surface area contributed by atoms with Gasteiger partial charge in [0.2, 0.25) is 0 Å². The second-order valence-corrected chi connectivity index (χ2v) is 5.84. The monoisotopic (exact) mass is 334 g/mol. The van der Waals surface area contributed by atoms with E-state index in [1.807, 2.05) is 20.8 Å². The van der Waals surface area contributed by atoms with Crippen molar-refractivity contribution >= 4 is 11.9 Å². The molecule has 0 saturated heterocycles. The van der Waals surface area contributed by atoms with Gasteiger partial charge in [-0.2, -0.15) is 0 Å². The molecule has 0 bridgehead atoms. The summed E-state index contributed by atoms with van der Waals surface area (Å²) in [5, 5.41) is 0. The summed E-state index contributed by atoms with van der Waals surface area (Å²) in [5.74, 6) is 0.0240. The quantitative estimate of drug-likeness (QED) is 0.609. The summed E-state index contributed by atoms with van der Waals surface area (Å²) in [5.41, 5.74) is 0.345. The second-order valence-electron chi connectivity index (χ2n) is 5.84. The highest BCUT2D eigenvalue weighted by Crippen LogP contribution is 2.45. The Kier molecular flexibility index (Phi) is 5.29. The molecule has 0 radical (unpaired) electrons. The van der Waals surface area contributed by atoms with Crippen molar-refractivity contribution < 1.29 is 28.5 Å². The van der Waals surface area contributed by atoms with E-state index in [9.17, 15) is 9.59 Å². The summed E-state index contributed by atoms with van der Waals surface area (Å²) in [6.07, 6.45) is -0.611. The molecule has 1 aromatic rings. The highest BCUT2D eigenvalue weighted by atomic mass is 16.6. The third-order valence-electron chi connectivity index (χ3n) is 3.60. The predicted octanol–water partition coefficient (Wildman–Crippen LogP) is 2.93.